The first-order valence-electron chi connectivity index (χ1n) is 13.6. The second-order valence-corrected chi connectivity index (χ2v) is 11.0. The Bertz CT molecular complexity index is 968. The lowest BCUT2D eigenvalue weighted by atomic mass is 9.99. The molecule has 11 nitrogen and oxygen atoms in total. The fraction of sp³-hybridized carbons (Fsp3) is 0.643. The summed E-state index contributed by atoms with van der Waals surface area (Å²) >= 11 is 0. The van der Waals surface area contributed by atoms with Gasteiger partial charge in [-0.1, -0.05) is 39.8 Å². The van der Waals surface area contributed by atoms with Crippen molar-refractivity contribution >= 4 is 23.7 Å². The first-order chi connectivity index (χ1) is 18.4. The zero-order valence-corrected chi connectivity index (χ0v) is 23.7. The molecule has 4 atom stereocenters. The number of methoxy groups -OCH3 is 1. The maximum Gasteiger partial charge on any atom is 0.325 e. The van der Waals surface area contributed by atoms with Crippen LogP contribution in [0.2, 0.25) is 0 Å². The van der Waals surface area contributed by atoms with Crippen LogP contribution in [0.15, 0.2) is 24.3 Å². The Morgan fingerprint density at radius 1 is 1.00 bits per heavy atom. The van der Waals surface area contributed by atoms with Gasteiger partial charge in [0.25, 0.3) is 0 Å². The van der Waals surface area contributed by atoms with Gasteiger partial charge in [-0.05, 0) is 55.2 Å². The van der Waals surface area contributed by atoms with Crippen LogP contribution in [0.5, 0.6) is 5.75 Å². The molecule has 3 amide bonds. The lowest BCUT2D eigenvalue weighted by molar-refractivity contribution is -0.148. The maximum atomic E-state index is 13.6. The Morgan fingerprint density at radius 3 is 2.13 bits per heavy atom. The quantitative estimate of drug-likeness (QED) is 0.282. The smallest absolute Gasteiger partial charge is 0.325 e. The van der Waals surface area contributed by atoms with Crippen LogP contribution in [0, 0.1) is 11.8 Å². The van der Waals surface area contributed by atoms with Crippen molar-refractivity contribution in [3.05, 3.63) is 29.8 Å². The van der Waals surface area contributed by atoms with Crippen LogP contribution in [0.25, 0.3) is 0 Å². The third-order valence-electron chi connectivity index (χ3n) is 6.68. The van der Waals surface area contributed by atoms with Crippen LogP contribution in [0.4, 0.5) is 0 Å². The van der Waals surface area contributed by atoms with Gasteiger partial charge in [-0.2, -0.15) is 0 Å². The molecule has 1 aromatic rings. The van der Waals surface area contributed by atoms with Gasteiger partial charge in [-0.15, -0.1) is 0 Å². The second kappa shape index (κ2) is 15.4. The maximum absolute atomic E-state index is 13.6. The minimum absolute atomic E-state index is 0.0844. The van der Waals surface area contributed by atoms with Crippen LogP contribution < -0.4 is 21.7 Å². The second-order valence-electron chi connectivity index (χ2n) is 11.0. The molecule has 1 saturated heterocycles. The molecule has 0 bridgehead atoms. The third kappa shape index (κ3) is 10.5. The summed E-state index contributed by atoms with van der Waals surface area (Å²) in [4.78, 5) is 54.3. The number of nitrogens with two attached hydrogens (primary N) is 1. The molecule has 0 aliphatic carbocycles. The summed E-state index contributed by atoms with van der Waals surface area (Å²) in [6.07, 6.45) is 1.40. The minimum atomic E-state index is -0.869. The molecule has 1 aliphatic heterocycles. The van der Waals surface area contributed by atoms with E-state index in [1.807, 2.05) is 27.7 Å². The van der Waals surface area contributed by atoms with E-state index in [1.54, 1.807) is 24.3 Å². The lowest BCUT2D eigenvalue weighted by Crippen LogP contribution is -2.57. The molecular weight excluding hydrogens is 502 g/mol. The number of hydrogen-bond acceptors (Lipinski definition) is 8. The average Bonchev–Trinajstić information content (AvgIpc) is 2.88. The van der Waals surface area contributed by atoms with E-state index in [2.05, 4.69) is 16.0 Å². The van der Waals surface area contributed by atoms with Gasteiger partial charge in [-0.25, -0.2) is 0 Å². The molecule has 39 heavy (non-hydrogen) atoms. The Hall–Kier alpha value is -3.18. The van der Waals surface area contributed by atoms with E-state index in [1.165, 1.54) is 12.0 Å². The molecule has 0 spiro atoms. The Kier molecular flexibility index (Phi) is 12.7. The summed E-state index contributed by atoms with van der Waals surface area (Å²) in [6.45, 7) is 7.89. The number of ether oxygens (including phenoxy) is 1. The lowest BCUT2D eigenvalue weighted by Gasteiger charge is -2.30. The van der Waals surface area contributed by atoms with Gasteiger partial charge in [0.1, 0.15) is 24.4 Å². The number of benzene rings is 1. The Balaban J connectivity index is 2.48. The van der Waals surface area contributed by atoms with Gasteiger partial charge in [0.05, 0.1) is 13.2 Å². The molecule has 1 fully saturated rings. The summed E-state index contributed by atoms with van der Waals surface area (Å²) in [5.41, 5.74) is 6.87. The number of phenols is 1. The zero-order valence-electron chi connectivity index (χ0n) is 23.7. The van der Waals surface area contributed by atoms with E-state index < -0.39 is 30.0 Å². The number of amides is 3. The van der Waals surface area contributed by atoms with Crippen molar-refractivity contribution in [2.45, 2.75) is 77.5 Å². The number of nitrogens with one attached hydrogen (secondary N) is 3. The molecule has 1 heterocycles. The number of rotatable bonds is 9. The van der Waals surface area contributed by atoms with Crippen LogP contribution >= 0.6 is 0 Å². The predicted molar refractivity (Wildman–Crippen MR) is 148 cm³/mol. The fourth-order valence-electron chi connectivity index (χ4n) is 4.61. The molecular formula is C28H45N5O6. The van der Waals surface area contributed by atoms with E-state index in [0.717, 1.165) is 5.56 Å². The van der Waals surface area contributed by atoms with Crippen molar-refractivity contribution in [1.29, 1.82) is 0 Å². The molecule has 218 valence electrons. The Morgan fingerprint density at radius 2 is 1.56 bits per heavy atom. The normalized spacial score (nSPS) is 23.5. The molecule has 6 N–H and O–H groups in total. The number of carbonyl (C=O) groups excluding carboxylic acids is 4. The van der Waals surface area contributed by atoms with Crippen molar-refractivity contribution < 1.29 is 29.0 Å². The summed E-state index contributed by atoms with van der Waals surface area (Å²) in [5.74, 6) is -1.47. The minimum Gasteiger partial charge on any atom is -0.508 e. The van der Waals surface area contributed by atoms with Crippen LogP contribution in [0.3, 0.4) is 0 Å². The van der Waals surface area contributed by atoms with Crippen molar-refractivity contribution in [3.63, 3.8) is 0 Å². The average molecular weight is 548 g/mol. The van der Waals surface area contributed by atoms with E-state index in [0.29, 0.717) is 25.7 Å². The first kappa shape index (κ1) is 32.0. The Labute approximate surface area is 231 Å². The monoisotopic (exact) mass is 547 g/mol. The summed E-state index contributed by atoms with van der Waals surface area (Å²) in [7, 11) is 1.26. The molecule has 2 rings (SSSR count). The number of carbonyl (C=O) groups is 4. The highest BCUT2D eigenvalue weighted by Gasteiger charge is 2.34. The standard InChI is InChI=1S/C28H45N5O6/c1-17(2)12-22-26(36)32-24(13-18(3)4)28(38)33(16-25(35)39-5)11-10-20(15-29)30-23(27(37)31-22)14-19-6-8-21(34)9-7-19/h6-9,17-18,20,22-24,30,34H,10-16,29H2,1-5H3,(H,31,37)(H,32,36). The van der Waals surface area contributed by atoms with Gasteiger partial charge in [0.15, 0.2) is 0 Å². The number of hydrogen-bond donors (Lipinski definition) is 5. The van der Waals surface area contributed by atoms with Crippen molar-refractivity contribution in [2.75, 3.05) is 26.7 Å². The van der Waals surface area contributed by atoms with Crippen molar-refractivity contribution in [3.8, 4) is 5.75 Å². The highest BCUT2D eigenvalue weighted by Crippen LogP contribution is 2.15. The van der Waals surface area contributed by atoms with Crippen molar-refractivity contribution in [1.82, 2.24) is 20.9 Å². The summed E-state index contributed by atoms with van der Waals surface area (Å²) in [6, 6.07) is 3.73. The van der Waals surface area contributed by atoms with Crippen LogP contribution in [0.1, 0.15) is 52.5 Å². The summed E-state index contributed by atoms with van der Waals surface area (Å²) < 4.78 is 4.82. The number of phenolic OH excluding ortho intramolecular Hbond substituents is 1. The van der Waals surface area contributed by atoms with E-state index >= 15 is 0 Å². The van der Waals surface area contributed by atoms with Crippen LogP contribution in [-0.4, -0.2) is 84.6 Å². The van der Waals surface area contributed by atoms with E-state index in [9.17, 15) is 24.3 Å². The molecule has 4 unspecified atom stereocenters. The van der Waals surface area contributed by atoms with Gasteiger partial charge in [0, 0.05) is 19.1 Å². The number of esters is 1. The van der Waals surface area contributed by atoms with E-state index in [4.69, 9.17) is 10.5 Å². The molecule has 0 saturated carbocycles. The SMILES string of the molecule is COC(=O)CN1CCC(CN)NC(Cc2ccc(O)cc2)C(=O)NC(CC(C)C)C(=O)NC(CC(C)C)C1=O. The number of aromatic hydroxyl groups is 1. The van der Waals surface area contributed by atoms with Crippen LogP contribution in [-0.2, 0) is 30.3 Å². The molecule has 1 aromatic carbocycles. The van der Waals surface area contributed by atoms with E-state index in [-0.39, 0.29) is 55.1 Å². The van der Waals surface area contributed by atoms with Gasteiger partial charge >= 0.3 is 5.97 Å². The largest absolute Gasteiger partial charge is 0.508 e. The topological polar surface area (TPSA) is 163 Å². The highest BCUT2D eigenvalue weighted by atomic mass is 16.5. The van der Waals surface area contributed by atoms with Crippen molar-refractivity contribution in [2.24, 2.45) is 17.6 Å². The zero-order chi connectivity index (χ0) is 29.1. The van der Waals surface area contributed by atoms with Gasteiger partial charge in [0.2, 0.25) is 17.7 Å². The molecule has 11 heteroatoms. The first-order valence-corrected chi connectivity index (χ1v) is 13.6. The molecule has 1 aliphatic rings. The highest BCUT2D eigenvalue weighted by molar-refractivity contribution is 5.94. The van der Waals surface area contributed by atoms with Gasteiger partial charge in [-0.3, -0.25) is 19.2 Å². The predicted octanol–water partition coefficient (Wildman–Crippen LogP) is 0.687. The third-order valence-corrected chi connectivity index (χ3v) is 6.68. The molecule has 0 radical (unpaired) electrons. The fourth-order valence-corrected chi connectivity index (χ4v) is 4.61. The van der Waals surface area contributed by atoms with Gasteiger partial charge < -0.3 is 36.4 Å². The summed E-state index contributed by atoms with van der Waals surface area (Å²) in [5, 5.41) is 18.7. The molecule has 0 aromatic heterocycles. The number of nitrogens with zero attached hydrogens (tertiary/aromatic N) is 1.